The molecular weight excluding hydrogens is 456 g/mol. The number of hydrogen-bond acceptors (Lipinski definition) is 3. The van der Waals surface area contributed by atoms with Gasteiger partial charge in [-0.15, -0.1) is 0 Å². The molecule has 2 amide bonds. The fourth-order valence-electron chi connectivity index (χ4n) is 3.33. The highest BCUT2D eigenvalue weighted by atomic mass is 79.9. The minimum Gasteiger partial charge on any atom is -0.451 e. The van der Waals surface area contributed by atoms with Crippen LogP contribution in [0.1, 0.15) is 34.6 Å². The third kappa shape index (κ3) is 5.22. The molecule has 6 heteroatoms. The van der Waals surface area contributed by atoms with Crippen molar-refractivity contribution < 1.29 is 14.0 Å². The van der Waals surface area contributed by atoms with Crippen molar-refractivity contribution in [1.82, 2.24) is 5.32 Å². The third-order valence-electron chi connectivity index (χ3n) is 4.95. The molecular formula is C25H21BrN2O3. The highest BCUT2D eigenvalue weighted by Gasteiger charge is 2.13. The summed E-state index contributed by atoms with van der Waals surface area (Å²) in [4.78, 5) is 24.9. The summed E-state index contributed by atoms with van der Waals surface area (Å²) in [6.07, 6.45) is 0.260. The largest absolute Gasteiger partial charge is 0.451 e. The van der Waals surface area contributed by atoms with Crippen LogP contribution in [0, 0.1) is 0 Å². The fourth-order valence-corrected chi connectivity index (χ4v) is 3.75. The number of carbonyl (C=O) groups excluding carboxylic acids is 2. The number of halogens is 1. The van der Waals surface area contributed by atoms with Gasteiger partial charge in [0, 0.05) is 15.5 Å². The van der Waals surface area contributed by atoms with E-state index in [0.29, 0.717) is 11.3 Å². The first-order chi connectivity index (χ1) is 15.0. The molecule has 0 aliphatic carbocycles. The van der Waals surface area contributed by atoms with Crippen LogP contribution < -0.4 is 10.6 Å². The van der Waals surface area contributed by atoms with Crippen LogP contribution in [0.5, 0.6) is 0 Å². The Bertz CT molecular complexity index is 1200. The maximum absolute atomic E-state index is 12.5. The van der Waals surface area contributed by atoms with Crippen molar-refractivity contribution >= 4 is 44.4 Å². The number of fused-ring (bicyclic) bond motifs is 1. The predicted molar refractivity (Wildman–Crippen MR) is 125 cm³/mol. The van der Waals surface area contributed by atoms with Crippen LogP contribution in [0.2, 0.25) is 0 Å². The maximum atomic E-state index is 12.5. The van der Waals surface area contributed by atoms with Crippen molar-refractivity contribution in [3.8, 4) is 0 Å². The second-order valence-electron chi connectivity index (χ2n) is 7.32. The first kappa shape index (κ1) is 20.9. The van der Waals surface area contributed by atoms with Gasteiger partial charge in [0.1, 0.15) is 5.58 Å². The van der Waals surface area contributed by atoms with E-state index >= 15 is 0 Å². The number of benzene rings is 3. The fraction of sp³-hybridized carbons (Fsp3) is 0.120. The quantitative estimate of drug-likeness (QED) is 0.365. The Morgan fingerprint density at radius 2 is 1.74 bits per heavy atom. The molecule has 0 fully saturated rings. The van der Waals surface area contributed by atoms with Crippen LogP contribution in [0.25, 0.3) is 11.0 Å². The Hall–Kier alpha value is -3.38. The lowest BCUT2D eigenvalue weighted by atomic mass is 10.1. The summed E-state index contributed by atoms with van der Waals surface area (Å²) < 4.78 is 6.57. The molecule has 156 valence electrons. The normalized spacial score (nSPS) is 11.8. The molecule has 0 bridgehead atoms. The molecule has 1 atom stereocenters. The van der Waals surface area contributed by atoms with E-state index in [1.165, 1.54) is 0 Å². The molecule has 5 nitrogen and oxygen atoms in total. The number of amides is 2. The van der Waals surface area contributed by atoms with Crippen molar-refractivity contribution in [3.05, 3.63) is 100 Å². The van der Waals surface area contributed by atoms with E-state index in [9.17, 15) is 9.59 Å². The topological polar surface area (TPSA) is 71.3 Å². The standard InChI is InChI=1S/C25H21BrN2O3/c1-16(18-6-4-7-20(26)14-18)27-24(29)13-17-9-11-21(12-10-17)28-25(30)23-15-19-5-2-3-8-22(19)31-23/h2-12,14-16H,13H2,1H3,(H,27,29)(H,28,30). The molecule has 0 radical (unpaired) electrons. The van der Waals surface area contributed by atoms with E-state index in [1.807, 2.05) is 67.6 Å². The number of para-hydroxylation sites is 1. The van der Waals surface area contributed by atoms with Crippen molar-refractivity contribution in [2.75, 3.05) is 5.32 Å². The van der Waals surface area contributed by atoms with Gasteiger partial charge in [-0.2, -0.15) is 0 Å². The number of hydrogen-bond donors (Lipinski definition) is 2. The Morgan fingerprint density at radius 1 is 0.968 bits per heavy atom. The summed E-state index contributed by atoms with van der Waals surface area (Å²) in [6.45, 7) is 1.95. The second-order valence-corrected chi connectivity index (χ2v) is 8.24. The van der Waals surface area contributed by atoms with Crippen LogP contribution in [-0.4, -0.2) is 11.8 Å². The van der Waals surface area contributed by atoms with Gasteiger partial charge in [-0.1, -0.05) is 58.4 Å². The van der Waals surface area contributed by atoms with E-state index in [1.54, 1.807) is 18.2 Å². The van der Waals surface area contributed by atoms with Gasteiger partial charge < -0.3 is 15.1 Å². The average molecular weight is 477 g/mol. The predicted octanol–water partition coefficient (Wildman–Crippen LogP) is 5.87. The van der Waals surface area contributed by atoms with Crippen molar-refractivity contribution in [1.29, 1.82) is 0 Å². The number of furan rings is 1. The molecule has 3 aromatic carbocycles. The van der Waals surface area contributed by atoms with Gasteiger partial charge in [0.05, 0.1) is 12.5 Å². The molecule has 1 unspecified atom stereocenters. The average Bonchev–Trinajstić information content (AvgIpc) is 3.19. The van der Waals surface area contributed by atoms with Crippen LogP contribution in [-0.2, 0) is 11.2 Å². The number of nitrogens with one attached hydrogen (secondary N) is 2. The van der Waals surface area contributed by atoms with Crippen LogP contribution in [0.4, 0.5) is 5.69 Å². The molecule has 4 aromatic rings. The van der Waals surface area contributed by atoms with Crippen LogP contribution in [0.15, 0.2) is 87.8 Å². The van der Waals surface area contributed by atoms with Gasteiger partial charge in [0.15, 0.2) is 5.76 Å². The maximum Gasteiger partial charge on any atom is 0.291 e. The molecule has 2 N–H and O–H groups in total. The van der Waals surface area contributed by atoms with Gasteiger partial charge in [0.2, 0.25) is 5.91 Å². The summed E-state index contributed by atoms with van der Waals surface area (Å²) in [5, 5.41) is 6.71. The lowest BCUT2D eigenvalue weighted by Gasteiger charge is -2.15. The Kier molecular flexibility index (Phi) is 6.18. The van der Waals surface area contributed by atoms with Gasteiger partial charge in [0.25, 0.3) is 5.91 Å². The number of rotatable bonds is 6. The SMILES string of the molecule is CC(NC(=O)Cc1ccc(NC(=O)c2cc3ccccc3o2)cc1)c1cccc(Br)c1. The summed E-state index contributed by atoms with van der Waals surface area (Å²) in [7, 11) is 0. The van der Waals surface area contributed by atoms with Gasteiger partial charge in [-0.3, -0.25) is 9.59 Å². The zero-order valence-corrected chi connectivity index (χ0v) is 18.5. The van der Waals surface area contributed by atoms with Crippen LogP contribution >= 0.6 is 15.9 Å². The molecule has 0 saturated heterocycles. The van der Waals surface area contributed by atoms with Crippen molar-refractivity contribution in [2.45, 2.75) is 19.4 Å². The van der Waals surface area contributed by atoms with Gasteiger partial charge in [-0.05, 0) is 54.4 Å². The molecule has 4 rings (SSSR count). The van der Waals surface area contributed by atoms with E-state index in [-0.39, 0.29) is 30.0 Å². The molecule has 31 heavy (non-hydrogen) atoms. The summed E-state index contributed by atoms with van der Waals surface area (Å²) in [5.74, 6) is -0.123. The molecule has 0 aliphatic rings. The highest BCUT2D eigenvalue weighted by Crippen LogP contribution is 2.21. The lowest BCUT2D eigenvalue weighted by Crippen LogP contribution is -2.28. The zero-order chi connectivity index (χ0) is 21.8. The Morgan fingerprint density at radius 3 is 2.48 bits per heavy atom. The first-order valence-corrected chi connectivity index (χ1v) is 10.7. The van der Waals surface area contributed by atoms with E-state index in [0.717, 1.165) is 21.0 Å². The van der Waals surface area contributed by atoms with Gasteiger partial charge >= 0.3 is 0 Å². The number of carbonyl (C=O) groups is 2. The number of anilines is 1. The molecule has 1 heterocycles. The summed E-state index contributed by atoms with van der Waals surface area (Å²) >= 11 is 3.45. The van der Waals surface area contributed by atoms with E-state index in [2.05, 4.69) is 26.6 Å². The summed E-state index contributed by atoms with van der Waals surface area (Å²) in [5.41, 5.74) is 3.20. The Labute approximate surface area is 188 Å². The molecule has 0 saturated carbocycles. The molecule has 1 aromatic heterocycles. The van der Waals surface area contributed by atoms with Crippen LogP contribution in [0.3, 0.4) is 0 Å². The summed E-state index contributed by atoms with van der Waals surface area (Å²) in [6, 6.07) is 24.2. The minimum atomic E-state index is -0.315. The molecule has 0 spiro atoms. The Balaban J connectivity index is 1.34. The van der Waals surface area contributed by atoms with Crippen molar-refractivity contribution in [2.24, 2.45) is 0 Å². The van der Waals surface area contributed by atoms with E-state index < -0.39 is 0 Å². The van der Waals surface area contributed by atoms with Gasteiger partial charge in [-0.25, -0.2) is 0 Å². The zero-order valence-electron chi connectivity index (χ0n) is 16.9. The first-order valence-electron chi connectivity index (χ1n) is 9.91. The second kappa shape index (κ2) is 9.18. The smallest absolute Gasteiger partial charge is 0.291 e. The molecule has 0 aliphatic heterocycles. The third-order valence-corrected chi connectivity index (χ3v) is 5.45. The minimum absolute atomic E-state index is 0.0634. The highest BCUT2D eigenvalue weighted by molar-refractivity contribution is 9.10. The van der Waals surface area contributed by atoms with Crippen molar-refractivity contribution in [3.63, 3.8) is 0 Å². The van der Waals surface area contributed by atoms with E-state index in [4.69, 9.17) is 4.42 Å². The lowest BCUT2D eigenvalue weighted by molar-refractivity contribution is -0.121. The monoisotopic (exact) mass is 476 g/mol.